The van der Waals surface area contributed by atoms with Gasteiger partial charge in [0.05, 0.1) is 7.11 Å². The molecule has 0 bridgehead atoms. The molecule has 4 N–H and O–H groups in total. The van der Waals surface area contributed by atoms with Crippen LogP contribution in [0, 0.1) is 11.7 Å². The third-order valence-corrected chi connectivity index (χ3v) is 6.59. The number of carbonyl (C=O) groups is 2. The van der Waals surface area contributed by atoms with Crippen LogP contribution in [-0.2, 0) is 4.79 Å². The SMILES string of the molecule is COc1ccc(NCCNC(=O)[C@H](CC2CCCCC2)NC(=O)c2cc3cc(F)ccc3[nH]2)cc1. The van der Waals surface area contributed by atoms with Crippen LogP contribution in [0.25, 0.3) is 10.9 Å². The van der Waals surface area contributed by atoms with Gasteiger partial charge < -0.3 is 25.7 Å². The number of hydrogen-bond donors (Lipinski definition) is 4. The quantitative estimate of drug-likeness (QED) is 0.319. The lowest BCUT2D eigenvalue weighted by atomic mass is 9.84. The number of hydrogen-bond acceptors (Lipinski definition) is 4. The van der Waals surface area contributed by atoms with E-state index in [4.69, 9.17) is 4.74 Å². The molecule has 7 nitrogen and oxygen atoms in total. The Morgan fingerprint density at radius 3 is 2.57 bits per heavy atom. The second-order valence-electron chi connectivity index (χ2n) is 9.13. The smallest absolute Gasteiger partial charge is 0.268 e. The number of fused-ring (bicyclic) bond motifs is 1. The molecule has 0 unspecified atom stereocenters. The average molecular weight is 481 g/mol. The molecule has 0 radical (unpaired) electrons. The van der Waals surface area contributed by atoms with Crippen molar-refractivity contribution in [1.29, 1.82) is 0 Å². The van der Waals surface area contributed by atoms with Crippen molar-refractivity contribution in [3.63, 3.8) is 0 Å². The lowest BCUT2D eigenvalue weighted by Crippen LogP contribution is -2.48. The van der Waals surface area contributed by atoms with Gasteiger partial charge in [-0.2, -0.15) is 0 Å². The summed E-state index contributed by atoms with van der Waals surface area (Å²) in [5, 5.41) is 9.76. The molecule has 35 heavy (non-hydrogen) atoms. The zero-order valence-electron chi connectivity index (χ0n) is 20.0. The monoisotopic (exact) mass is 480 g/mol. The van der Waals surface area contributed by atoms with Crippen molar-refractivity contribution in [3.8, 4) is 5.75 Å². The molecule has 1 heterocycles. The zero-order chi connectivity index (χ0) is 24.6. The number of amides is 2. The largest absolute Gasteiger partial charge is 0.497 e. The lowest BCUT2D eigenvalue weighted by Gasteiger charge is -2.26. The maximum atomic E-state index is 13.5. The van der Waals surface area contributed by atoms with Crippen molar-refractivity contribution >= 4 is 28.4 Å². The molecule has 1 atom stereocenters. The number of nitrogens with one attached hydrogen (secondary N) is 4. The first-order valence-electron chi connectivity index (χ1n) is 12.3. The highest BCUT2D eigenvalue weighted by atomic mass is 19.1. The number of ether oxygens (including phenoxy) is 1. The van der Waals surface area contributed by atoms with Gasteiger partial charge in [0.1, 0.15) is 23.3 Å². The summed E-state index contributed by atoms with van der Waals surface area (Å²) in [5.41, 5.74) is 1.92. The molecule has 4 rings (SSSR count). The standard InChI is InChI=1S/C27H33FN4O3/c1-35-22-10-8-21(9-11-22)29-13-14-30-26(33)24(15-18-5-3-2-4-6-18)32-27(34)25-17-19-16-20(28)7-12-23(19)31-25/h7-12,16-18,24,29,31H,2-6,13-15H2,1H3,(H,30,33)(H,32,34)/t24-/m0/s1. The zero-order valence-corrected chi connectivity index (χ0v) is 20.0. The Bertz CT molecular complexity index is 1140. The van der Waals surface area contributed by atoms with Crippen molar-refractivity contribution in [2.75, 3.05) is 25.5 Å². The van der Waals surface area contributed by atoms with Gasteiger partial charge in [-0.1, -0.05) is 32.1 Å². The van der Waals surface area contributed by atoms with Crippen molar-refractivity contribution in [2.24, 2.45) is 5.92 Å². The summed E-state index contributed by atoms with van der Waals surface area (Å²) in [4.78, 5) is 29.1. The summed E-state index contributed by atoms with van der Waals surface area (Å²) in [6.07, 6.45) is 6.30. The summed E-state index contributed by atoms with van der Waals surface area (Å²) < 4.78 is 18.7. The van der Waals surface area contributed by atoms with E-state index in [1.54, 1.807) is 19.2 Å². The highest BCUT2D eigenvalue weighted by Gasteiger charge is 2.26. The van der Waals surface area contributed by atoms with Crippen LogP contribution >= 0.6 is 0 Å². The third-order valence-electron chi connectivity index (χ3n) is 6.59. The van der Waals surface area contributed by atoms with Gasteiger partial charge in [0, 0.05) is 29.7 Å². The Balaban J connectivity index is 1.35. The second kappa shape index (κ2) is 11.7. The Morgan fingerprint density at radius 1 is 1.06 bits per heavy atom. The molecule has 3 aromatic rings. The van der Waals surface area contributed by atoms with Crippen LogP contribution in [0.1, 0.15) is 49.0 Å². The summed E-state index contributed by atoms with van der Waals surface area (Å²) in [7, 11) is 1.62. The van der Waals surface area contributed by atoms with E-state index in [1.807, 2.05) is 24.3 Å². The number of aromatic nitrogens is 1. The van der Waals surface area contributed by atoms with Crippen LogP contribution in [0.4, 0.5) is 10.1 Å². The summed E-state index contributed by atoms with van der Waals surface area (Å²) >= 11 is 0. The van der Waals surface area contributed by atoms with E-state index < -0.39 is 6.04 Å². The van der Waals surface area contributed by atoms with E-state index >= 15 is 0 Å². The van der Waals surface area contributed by atoms with Gasteiger partial charge in [-0.3, -0.25) is 9.59 Å². The maximum Gasteiger partial charge on any atom is 0.268 e. The topological polar surface area (TPSA) is 95.2 Å². The number of H-pyrrole nitrogens is 1. The molecule has 1 saturated carbocycles. The van der Waals surface area contributed by atoms with Crippen molar-refractivity contribution in [2.45, 2.75) is 44.6 Å². The summed E-state index contributed by atoms with van der Waals surface area (Å²) in [6.45, 7) is 0.976. The number of benzene rings is 2. The van der Waals surface area contributed by atoms with Crippen LogP contribution < -0.4 is 20.7 Å². The fourth-order valence-electron chi connectivity index (χ4n) is 4.67. The van der Waals surface area contributed by atoms with Gasteiger partial charge >= 0.3 is 0 Å². The first kappa shape index (κ1) is 24.6. The predicted octanol–water partition coefficient (Wildman–Crippen LogP) is 4.61. The van der Waals surface area contributed by atoms with Crippen LogP contribution in [0.2, 0.25) is 0 Å². The summed E-state index contributed by atoms with van der Waals surface area (Å²) in [6, 6.07) is 12.9. The van der Waals surface area contributed by atoms with Crippen LogP contribution in [0.5, 0.6) is 5.75 Å². The number of rotatable bonds is 10. The van der Waals surface area contributed by atoms with E-state index in [2.05, 4.69) is 20.9 Å². The van der Waals surface area contributed by atoms with Gasteiger partial charge in [0.25, 0.3) is 5.91 Å². The number of anilines is 1. The Labute approximate surface area is 204 Å². The number of halogens is 1. The molecule has 1 aromatic heterocycles. The van der Waals surface area contributed by atoms with Gasteiger partial charge in [-0.05, 0) is 60.9 Å². The minimum Gasteiger partial charge on any atom is -0.497 e. The molecular formula is C27H33FN4O3. The molecule has 8 heteroatoms. The fraction of sp³-hybridized carbons (Fsp3) is 0.407. The van der Waals surface area contributed by atoms with Crippen molar-refractivity contribution in [3.05, 3.63) is 60.0 Å². The molecule has 0 aliphatic heterocycles. The molecule has 1 aliphatic rings. The molecule has 0 saturated heterocycles. The predicted molar refractivity (Wildman–Crippen MR) is 135 cm³/mol. The number of aromatic amines is 1. The van der Waals surface area contributed by atoms with Gasteiger partial charge in [-0.15, -0.1) is 0 Å². The first-order chi connectivity index (χ1) is 17.0. The second-order valence-corrected chi connectivity index (χ2v) is 9.13. The molecule has 0 spiro atoms. The maximum absolute atomic E-state index is 13.5. The molecular weight excluding hydrogens is 447 g/mol. The minimum absolute atomic E-state index is 0.192. The Morgan fingerprint density at radius 2 is 1.83 bits per heavy atom. The molecule has 2 amide bonds. The van der Waals surface area contributed by atoms with E-state index in [0.717, 1.165) is 37.1 Å². The van der Waals surface area contributed by atoms with E-state index in [1.165, 1.54) is 18.6 Å². The average Bonchev–Trinajstić information content (AvgIpc) is 3.30. The highest BCUT2D eigenvalue weighted by Crippen LogP contribution is 2.27. The van der Waals surface area contributed by atoms with Crippen molar-refractivity contribution in [1.82, 2.24) is 15.6 Å². The van der Waals surface area contributed by atoms with Crippen molar-refractivity contribution < 1.29 is 18.7 Å². The van der Waals surface area contributed by atoms with Gasteiger partial charge in [0.15, 0.2) is 0 Å². The van der Waals surface area contributed by atoms with Crippen LogP contribution in [0.3, 0.4) is 0 Å². The molecule has 1 aliphatic carbocycles. The van der Waals surface area contributed by atoms with Crippen LogP contribution in [0.15, 0.2) is 48.5 Å². The van der Waals surface area contributed by atoms with Crippen LogP contribution in [-0.4, -0.2) is 43.0 Å². The van der Waals surface area contributed by atoms with E-state index in [9.17, 15) is 14.0 Å². The molecule has 1 fully saturated rings. The number of carbonyl (C=O) groups excluding carboxylic acids is 2. The minimum atomic E-state index is -0.630. The van der Waals surface area contributed by atoms with Gasteiger partial charge in [-0.25, -0.2) is 4.39 Å². The normalized spacial score (nSPS) is 14.9. The molecule has 186 valence electrons. The van der Waals surface area contributed by atoms with E-state index in [0.29, 0.717) is 42.0 Å². The first-order valence-corrected chi connectivity index (χ1v) is 12.3. The third kappa shape index (κ3) is 6.74. The Kier molecular flexibility index (Phi) is 8.23. The summed E-state index contributed by atoms with van der Waals surface area (Å²) in [5.74, 6) is 0.275. The van der Waals surface area contributed by atoms with E-state index in [-0.39, 0.29) is 17.6 Å². The molecule has 2 aromatic carbocycles. The Hall–Kier alpha value is -3.55. The highest BCUT2D eigenvalue weighted by molar-refractivity contribution is 6.00. The van der Waals surface area contributed by atoms with Gasteiger partial charge in [0.2, 0.25) is 5.91 Å². The number of methoxy groups -OCH3 is 1. The fourth-order valence-corrected chi connectivity index (χ4v) is 4.67. The lowest BCUT2D eigenvalue weighted by molar-refractivity contribution is -0.123.